The van der Waals surface area contributed by atoms with E-state index in [1.54, 1.807) is 12.1 Å². The van der Waals surface area contributed by atoms with Crippen molar-refractivity contribution in [2.45, 2.75) is 11.3 Å². The van der Waals surface area contributed by atoms with E-state index in [2.05, 4.69) is 0 Å². The fraction of sp³-hybridized carbons (Fsp3) is 0.273. The standard InChI is InChI=1S/C11H10N2O5S2.Li/c12-7-9-3-1-4-11(10(9)8-13)19(14,15)5-2-6-20(16,17)18;/h1,3-4H,2,5-6H2,(H,16,17,18);/q;+1/p-1. The van der Waals surface area contributed by atoms with Gasteiger partial charge in [0.25, 0.3) is 0 Å². The Hall–Kier alpha value is -1.34. The molecule has 0 saturated heterocycles. The van der Waals surface area contributed by atoms with Crippen LogP contribution in [0.25, 0.3) is 0 Å². The Balaban J connectivity index is 0.00000400. The predicted molar refractivity (Wildman–Crippen MR) is 67.1 cm³/mol. The molecular formula is C11H9LiN2O5S2. The van der Waals surface area contributed by atoms with Crippen LogP contribution >= 0.6 is 0 Å². The molecule has 0 aromatic heterocycles. The molecule has 0 unspecified atom stereocenters. The van der Waals surface area contributed by atoms with E-state index in [0.29, 0.717) is 0 Å². The summed E-state index contributed by atoms with van der Waals surface area (Å²) in [6.07, 6.45) is -0.365. The van der Waals surface area contributed by atoms with Crippen LogP contribution in [0.15, 0.2) is 23.1 Å². The Kier molecular flexibility index (Phi) is 7.12. The van der Waals surface area contributed by atoms with E-state index < -0.39 is 31.5 Å². The van der Waals surface area contributed by atoms with E-state index in [1.807, 2.05) is 0 Å². The van der Waals surface area contributed by atoms with Crippen molar-refractivity contribution in [1.82, 2.24) is 0 Å². The van der Waals surface area contributed by atoms with E-state index >= 15 is 0 Å². The minimum atomic E-state index is -4.49. The van der Waals surface area contributed by atoms with Crippen molar-refractivity contribution in [3.8, 4) is 12.1 Å². The molecule has 0 spiro atoms. The zero-order valence-electron chi connectivity index (χ0n) is 11.1. The van der Waals surface area contributed by atoms with E-state index in [9.17, 15) is 21.4 Å². The molecule has 21 heavy (non-hydrogen) atoms. The minimum absolute atomic E-state index is 0. The second kappa shape index (κ2) is 7.60. The average molecular weight is 320 g/mol. The summed E-state index contributed by atoms with van der Waals surface area (Å²) in [4.78, 5) is -0.331. The van der Waals surface area contributed by atoms with Crippen LogP contribution in [-0.2, 0) is 20.0 Å². The van der Waals surface area contributed by atoms with Crippen LogP contribution in [0, 0.1) is 22.7 Å². The summed E-state index contributed by atoms with van der Waals surface area (Å²) in [5.74, 6) is -1.38. The first-order valence-electron chi connectivity index (χ1n) is 5.31. The number of hydrogen-bond acceptors (Lipinski definition) is 7. The first kappa shape index (κ1) is 19.7. The topological polar surface area (TPSA) is 139 Å². The van der Waals surface area contributed by atoms with Crippen molar-refractivity contribution >= 4 is 20.0 Å². The summed E-state index contributed by atoms with van der Waals surface area (Å²) in [6, 6.07) is 7.14. The molecule has 1 aromatic carbocycles. The predicted octanol–water partition coefficient (Wildman–Crippen LogP) is -2.86. The van der Waals surface area contributed by atoms with Crippen molar-refractivity contribution < 1.29 is 40.2 Å². The van der Waals surface area contributed by atoms with E-state index in [-0.39, 0.29) is 41.3 Å². The molecule has 0 atom stereocenters. The quantitative estimate of drug-likeness (QED) is 0.420. The molecule has 0 radical (unpaired) electrons. The molecular weight excluding hydrogens is 311 g/mol. The van der Waals surface area contributed by atoms with Crippen molar-refractivity contribution in [1.29, 1.82) is 10.5 Å². The monoisotopic (exact) mass is 320 g/mol. The van der Waals surface area contributed by atoms with Crippen LogP contribution < -0.4 is 18.9 Å². The molecule has 0 aliphatic carbocycles. The van der Waals surface area contributed by atoms with Gasteiger partial charge in [0.2, 0.25) is 0 Å². The van der Waals surface area contributed by atoms with Crippen LogP contribution in [-0.4, -0.2) is 32.9 Å². The van der Waals surface area contributed by atoms with Gasteiger partial charge in [-0.2, -0.15) is 10.5 Å². The molecule has 1 rings (SSSR count). The van der Waals surface area contributed by atoms with Gasteiger partial charge in [0, 0.05) is 5.75 Å². The Morgan fingerprint density at radius 3 is 2.14 bits per heavy atom. The smallest absolute Gasteiger partial charge is 0.748 e. The van der Waals surface area contributed by atoms with Crippen LogP contribution in [0.5, 0.6) is 0 Å². The summed E-state index contributed by atoms with van der Waals surface area (Å²) in [7, 11) is -8.42. The minimum Gasteiger partial charge on any atom is -0.748 e. The maximum absolute atomic E-state index is 12.0. The van der Waals surface area contributed by atoms with Gasteiger partial charge in [0.1, 0.15) is 12.1 Å². The number of sulfone groups is 1. The van der Waals surface area contributed by atoms with E-state index in [4.69, 9.17) is 10.5 Å². The molecule has 0 fully saturated rings. The van der Waals surface area contributed by atoms with Gasteiger partial charge in [-0.3, -0.25) is 0 Å². The number of rotatable bonds is 5. The summed E-state index contributed by atoms with van der Waals surface area (Å²) in [5.41, 5.74) is -0.356. The first-order chi connectivity index (χ1) is 9.21. The van der Waals surface area contributed by atoms with Gasteiger partial charge < -0.3 is 4.55 Å². The zero-order chi connectivity index (χ0) is 15.4. The maximum Gasteiger partial charge on any atom is 1.00 e. The number of nitriles is 2. The summed E-state index contributed by atoms with van der Waals surface area (Å²) >= 11 is 0. The SMILES string of the molecule is N#Cc1cccc(S(=O)(=O)CCCS(=O)(=O)[O-])c1C#N.[Li+]. The summed E-state index contributed by atoms with van der Waals surface area (Å²) in [5, 5.41) is 17.7. The van der Waals surface area contributed by atoms with Gasteiger partial charge >= 0.3 is 18.9 Å². The molecule has 106 valence electrons. The molecule has 0 heterocycles. The zero-order valence-corrected chi connectivity index (χ0v) is 12.7. The van der Waals surface area contributed by atoms with Crippen molar-refractivity contribution in [3.63, 3.8) is 0 Å². The van der Waals surface area contributed by atoms with Gasteiger partial charge in [-0.1, -0.05) is 6.07 Å². The Labute approximate surface area is 135 Å². The average Bonchev–Trinajstić information content (AvgIpc) is 2.35. The van der Waals surface area contributed by atoms with Crippen LogP contribution in [0.1, 0.15) is 17.5 Å². The van der Waals surface area contributed by atoms with Gasteiger partial charge in [-0.05, 0) is 18.6 Å². The molecule has 0 N–H and O–H groups in total. The third-order valence-corrected chi connectivity index (χ3v) is 5.03. The summed E-state index contributed by atoms with van der Waals surface area (Å²) in [6.45, 7) is 0. The molecule has 1 aromatic rings. The van der Waals surface area contributed by atoms with Crippen LogP contribution in [0.4, 0.5) is 0 Å². The molecule has 0 amide bonds. The van der Waals surface area contributed by atoms with Gasteiger partial charge in [0.05, 0.1) is 31.9 Å². The second-order valence-corrected chi connectivity index (χ2v) is 7.44. The van der Waals surface area contributed by atoms with Crippen molar-refractivity contribution in [2.75, 3.05) is 11.5 Å². The fourth-order valence-corrected chi connectivity index (χ4v) is 3.71. The molecule has 10 heteroatoms. The molecule has 0 aliphatic rings. The Bertz CT molecular complexity index is 804. The van der Waals surface area contributed by atoms with Gasteiger partial charge in [0.15, 0.2) is 9.84 Å². The summed E-state index contributed by atoms with van der Waals surface area (Å²) < 4.78 is 55.3. The maximum atomic E-state index is 12.0. The normalized spacial score (nSPS) is 11.0. The van der Waals surface area contributed by atoms with Gasteiger partial charge in [-0.15, -0.1) is 0 Å². The van der Waals surface area contributed by atoms with E-state index in [0.717, 1.165) is 0 Å². The second-order valence-electron chi connectivity index (χ2n) is 3.84. The largest absolute Gasteiger partial charge is 1.00 e. The van der Waals surface area contributed by atoms with Crippen LogP contribution in [0.2, 0.25) is 0 Å². The third kappa shape index (κ3) is 5.51. The first-order valence-corrected chi connectivity index (χ1v) is 8.54. The molecule has 0 saturated carbocycles. The number of benzene rings is 1. The van der Waals surface area contributed by atoms with Crippen molar-refractivity contribution in [3.05, 3.63) is 29.3 Å². The Morgan fingerprint density at radius 2 is 1.67 bits per heavy atom. The third-order valence-electron chi connectivity index (χ3n) is 2.40. The van der Waals surface area contributed by atoms with E-state index in [1.165, 1.54) is 18.2 Å². The number of hydrogen-bond donors (Lipinski definition) is 0. The number of nitrogens with zero attached hydrogens (tertiary/aromatic N) is 2. The van der Waals surface area contributed by atoms with Gasteiger partial charge in [-0.25, -0.2) is 16.8 Å². The Morgan fingerprint density at radius 1 is 1.05 bits per heavy atom. The fourth-order valence-electron chi connectivity index (χ4n) is 1.53. The molecule has 7 nitrogen and oxygen atoms in total. The molecule has 0 aliphatic heterocycles. The van der Waals surface area contributed by atoms with Crippen molar-refractivity contribution in [2.24, 2.45) is 0 Å². The molecule has 0 bridgehead atoms. The van der Waals surface area contributed by atoms with Crippen LogP contribution in [0.3, 0.4) is 0 Å².